The first kappa shape index (κ1) is 53.1. The number of nitrogens with two attached hydrogens (primary N) is 2. The first-order valence-corrected chi connectivity index (χ1v) is 26.3. The summed E-state index contributed by atoms with van der Waals surface area (Å²) in [5.41, 5.74) is 9.08. The number of hydrogen-bond donors (Lipinski definition) is 7. The molecule has 0 saturated carbocycles. The Kier molecular flexibility index (Phi) is 15.6. The molecule has 4 atom stereocenters. The number of unbranched alkanes of at least 4 members (excludes halogenated alkanes) is 6. The average molecular weight is 1040 g/mol. The van der Waals surface area contributed by atoms with Crippen molar-refractivity contribution in [3.8, 4) is 0 Å². The van der Waals surface area contributed by atoms with Crippen LogP contribution in [-0.4, -0.2) is 96.6 Å². The third-order valence-electron chi connectivity index (χ3n) is 14.4. The van der Waals surface area contributed by atoms with Crippen LogP contribution in [0.25, 0.3) is 10.9 Å². The number of para-hydroxylation sites is 1. The van der Waals surface area contributed by atoms with E-state index in [2.05, 4.69) is 16.0 Å². The number of halogens is 2. The van der Waals surface area contributed by atoms with E-state index in [1.807, 2.05) is 12.1 Å². The molecule has 5 heterocycles. The Morgan fingerprint density at radius 3 is 2.26 bits per heavy atom. The number of fused-ring (bicyclic) bond motifs is 2. The first-order valence-electron chi connectivity index (χ1n) is 24.7. The van der Waals surface area contributed by atoms with Gasteiger partial charge in [-0.1, -0.05) is 68.5 Å². The fraction of sp³-hybridized carbons (Fsp3) is 0.431. The summed E-state index contributed by atoms with van der Waals surface area (Å²) in [5, 5.41) is 7.44. The third-order valence-corrected chi connectivity index (χ3v) is 15.4. The van der Waals surface area contributed by atoms with Crippen molar-refractivity contribution in [1.29, 1.82) is 0 Å². The van der Waals surface area contributed by atoms with E-state index in [0.29, 0.717) is 41.8 Å². The Morgan fingerprint density at radius 1 is 0.851 bits per heavy atom. The van der Waals surface area contributed by atoms with Gasteiger partial charge < -0.3 is 36.8 Å². The third kappa shape index (κ3) is 10.9. The number of aromatic nitrogens is 1. The molecular weight excluding hydrogens is 986 g/mol. The second-order valence-corrected chi connectivity index (χ2v) is 21.0. The molecule has 8 amide bonds. The number of nitrogens with zero attached hydrogens (tertiary/aromatic N) is 3. The Morgan fingerprint density at radius 2 is 1.55 bits per heavy atom. The van der Waals surface area contributed by atoms with E-state index in [1.165, 1.54) is 9.80 Å². The number of anilines is 1. The lowest BCUT2D eigenvalue weighted by molar-refractivity contribution is -0.137. The van der Waals surface area contributed by atoms with Crippen molar-refractivity contribution in [3.63, 3.8) is 0 Å². The van der Waals surface area contributed by atoms with Gasteiger partial charge in [-0.15, -0.1) is 0 Å². The molecule has 4 aliphatic heterocycles. The molecule has 20 nitrogen and oxygen atoms in total. The maximum atomic E-state index is 15.0. The normalized spacial score (nSPS) is 18.9. The Bertz CT molecular complexity index is 3030. The lowest BCUT2D eigenvalue weighted by atomic mass is 9.98. The number of hydrogen-bond acceptors (Lipinski definition) is 10. The van der Waals surface area contributed by atoms with Gasteiger partial charge >= 0.3 is 13.3 Å². The predicted molar refractivity (Wildman–Crippen MR) is 262 cm³/mol. The Labute approximate surface area is 423 Å². The van der Waals surface area contributed by atoms with E-state index >= 15 is 0 Å². The fourth-order valence-corrected chi connectivity index (χ4v) is 11.0. The van der Waals surface area contributed by atoms with Crippen LogP contribution in [0.15, 0.2) is 60.7 Å². The van der Waals surface area contributed by atoms with E-state index in [0.717, 1.165) is 78.5 Å². The van der Waals surface area contributed by atoms with Crippen LogP contribution in [0.4, 0.5) is 14.5 Å². The standard InChI is InChI=1S/C51H57F2N8O12P/c52-51(53,74(71,72)73)32-17-20-37-31(24-32)26-39(47(67)57-36-18-16-29-12-8-13-30-25-40(61(44(29)30)50(36)70)48(68)56-35(45(55)65)19-22-41(54)62)60(37)43(64)15-7-5-3-1-2-4-6-10-28-11-9-14-33-34(28)27-59(49(33)69)38-21-23-42(63)58-46(38)66/h8-9,11-14,17,20,24,26,35-36,38,40H,1-7,10,15-16,18-19,21-23,25,27H2,(H2,54,62)(H2,55,65)(H,56,68)(H,57,67)(H,58,63,66)(H2,71,72,73)/t35-,36-,38?,40-/m0/s1. The molecule has 4 aromatic rings. The Balaban J connectivity index is 0.912. The van der Waals surface area contributed by atoms with Gasteiger partial charge in [-0.05, 0) is 91.5 Å². The molecule has 1 fully saturated rings. The lowest BCUT2D eigenvalue weighted by Crippen LogP contribution is -2.57. The van der Waals surface area contributed by atoms with Crippen LogP contribution in [0.3, 0.4) is 0 Å². The van der Waals surface area contributed by atoms with Gasteiger partial charge in [-0.2, -0.15) is 8.78 Å². The number of imide groups is 1. The summed E-state index contributed by atoms with van der Waals surface area (Å²) >= 11 is 0. The zero-order valence-electron chi connectivity index (χ0n) is 40.3. The van der Waals surface area contributed by atoms with E-state index in [1.54, 1.807) is 24.3 Å². The lowest BCUT2D eigenvalue weighted by Gasteiger charge is -2.29. The van der Waals surface area contributed by atoms with Gasteiger partial charge in [0.05, 0.1) is 11.2 Å². The van der Waals surface area contributed by atoms with Crippen molar-refractivity contribution in [2.45, 2.75) is 139 Å². The van der Waals surface area contributed by atoms with Crippen LogP contribution in [0.2, 0.25) is 0 Å². The number of primary amides is 2. The van der Waals surface area contributed by atoms with Crippen molar-refractivity contribution in [1.82, 2.24) is 25.4 Å². The molecular formula is C51H57F2N8O12P. The number of rotatable bonds is 21. The second-order valence-electron chi connectivity index (χ2n) is 19.3. The summed E-state index contributed by atoms with van der Waals surface area (Å²) in [6.45, 7) is 0.302. The highest BCUT2D eigenvalue weighted by Crippen LogP contribution is 2.59. The van der Waals surface area contributed by atoms with E-state index in [-0.39, 0.29) is 79.8 Å². The monoisotopic (exact) mass is 1040 g/mol. The van der Waals surface area contributed by atoms with Crippen LogP contribution in [0, 0.1) is 0 Å². The van der Waals surface area contributed by atoms with Crippen LogP contribution in [0.5, 0.6) is 0 Å². The number of alkyl halides is 2. The SMILES string of the molecule is NC(=O)CC[C@H](NC(=O)[C@@H]1Cc2cccc3c2N1C(=O)[C@@H](NC(=O)c1cc2cc(C(F)(F)P(=O)(O)O)ccc2n1C(=O)CCCCCCCCCc1cccc2c1CN(C1CCC(=O)NC1=O)C2=O)CC3)C(N)=O. The molecule has 9 N–H and O–H groups in total. The van der Waals surface area contributed by atoms with Gasteiger partial charge in [0.1, 0.15) is 29.9 Å². The first-order chi connectivity index (χ1) is 35.2. The van der Waals surface area contributed by atoms with Crippen molar-refractivity contribution in [2.24, 2.45) is 11.5 Å². The van der Waals surface area contributed by atoms with Crippen molar-refractivity contribution < 1.29 is 66.3 Å². The molecule has 4 aliphatic rings. The molecule has 23 heteroatoms. The minimum absolute atomic E-state index is 0.00313. The molecule has 392 valence electrons. The minimum Gasteiger partial charge on any atom is -0.370 e. The quantitative estimate of drug-likeness (QED) is 0.0356. The van der Waals surface area contributed by atoms with E-state index in [4.69, 9.17) is 11.5 Å². The molecule has 0 radical (unpaired) electrons. The highest BCUT2D eigenvalue weighted by Gasteiger charge is 2.51. The zero-order chi connectivity index (χ0) is 53.2. The van der Waals surface area contributed by atoms with E-state index in [9.17, 15) is 66.3 Å². The second kappa shape index (κ2) is 21.7. The van der Waals surface area contributed by atoms with Gasteiger partial charge in [0, 0.05) is 48.7 Å². The zero-order valence-corrected chi connectivity index (χ0v) is 41.2. The number of nitrogens with one attached hydrogen (secondary N) is 3. The summed E-state index contributed by atoms with van der Waals surface area (Å²) in [5.74, 6) is -5.64. The number of carbonyl (C=O) groups excluding carboxylic acids is 9. The average Bonchev–Trinajstić information content (AvgIpc) is 4.02. The van der Waals surface area contributed by atoms with Crippen LogP contribution in [-0.2, 0) is 64.8 Å². The number of carbonyl (C=O) groups is 9. The molecule has 8 rings (SSSR count). The van der Waals surface area contributed by atoms with Crippen molar-refractivity contribution in [2.75, 3.05) is 4.90 Å². The van der Waals surface area contributed by atoms with Crippen LogP contribution < -0.4 is 32.3 Å². The summed E-state index contributed by atoms with van der Waals surface area (Å²) < 4.78 is 42.8. The van der Waals surface area contributed by atoms with Gasteiger partial charge in [0.15, 0.2) is 0 Å². The fourth-order valence-electron chi connectivity index (χ4n) is 10.5. The highest BCUT2D eigenvalue weighted by molar-refractivity contribution is 7.52. The van der Waals surface area contributed by atoms with Crippen LogP contribution >= 0.6 is 7.60 Å². The number of piperidine rings is 1. The largest absolute Gasteiger partial charge is 0.399 e. The van der Waals surface area contributed by atoms with Gasteiger partial charge in [-0.25, -0.2) is 0 Å². The summed E-state index contributed by atoms with van der Waals surface area (Å²) in [4.78, 5) is 140. The highest BCUT2D eigenvalue weighted by atomic mass is 31.2. The summed E-state index contributed by atoms with van der Waals surface area (Å²) in [6, 6.07) is 10.1. The molecule has 74 heavy (non-hydrogen) atoms. The molecule has 1 unspecified atom stereocenters. The number of amides is 8. The molecule has 0 spiro atoms. The van der Waals surface area contributed by atoms with Crippen molar-refractivity contribution >= 4 is 77.4 Å². The van der Waals surface area contributed by atoms with Gasteiger partial charge in [0.2, 0.25) is 41.4 Å². The van der Waals surface area contributed by atoms with Gasteiger partial charge in [0.25, 0.3) is 11.8 Å². The molecule has 3 aromatic carbocycles. The van der Waals surface area contributed by atoms with Crippen LogP contribution in [0.1, 0.15) is 137 Å². The smallest absolute Gasteiger partial charge is 0.370 e. The molecule has 0 aliphatic carbocycles. The van der Waals surface area contributed by atoms with E-state index < -0.39 is 84.3 Å². The topological polar surface area (TPSA) is 311 Å². The molecule has 0 bridgehead atoms. The number of aryl methyl sites for hydroxylation is 2. The molecule has 1 saturated heterocycles. The van der Waals surface area contributed by atoms with Gasteiger partial charge in [-0.3, -0.25) is 62.5 Å². The Hall–Kier alpha value is -7.16. The summed E-state index contributed by atoms with van der Waals surface area (Å²) in [7, 11) is -6.00. The summed E-state index contributed by atoms with van der Waals surface area (Å²) in [6.07, 6.45) is 6.29. The molecule has 1 aromatic heterocycles. The number of benzene rings is 3. The minimum atomic E-state index is -6.00. The maximum Gasteiger partial charge on any atom is 0.399 e. The van der Waals surface area contributed by atoms with Crippen molar-refractivity contribution in [3.05, 3.63) is 99.7 Å². The maximum absolute atomic E-state index is 15.0. The predicted octanol–water partition coefficient (Wildman–Crippen LogP) is 3.87.